The molecule has 34 heavy (non-hydrogen) atoms. The van der Waals surface area contributed by atoms with Crippen molar-refractivity contribution in [1.82, 2.24) is 15.5 Å². The van der Waals surface area contributed by atoms with E-state index in [1.54, 1.807) is 0 Å². The summed E-state index contributed by atoms with van der Waals surface area (Å²) in [6.45, 7) is 7.81. The zero-order chi connectivity index (χ0) is 24.9. The lowest BCUT2D eigenvalue weighted by Crippen LogP contribution is -2.56. The Hall–Kier alpha value is -3.07. The number of nitrogens with zero attached hydrogens (tertiary/aromatic N) is 1. The molecular weight excluding hydrogens is 445 g/mol. The predicted octanol–water partition coefficient (Wildman–Crippen LogP) is 4.63. The van der Waals surface area contributed by atoms with Crippen molar-refractivity contribution < 1.29 is 22.8 Å². The maximum atomic E-state index is 13.1. The molecule has 3 N–H and O–H groups in total. The molecule has 1 saturated heterocycles. The molecule has 1 heterocycles. The van der Waals surface area contributed by atoms with Crippen molar-refractivity contribution in [2.45, 2.75) is 52.0 Å². The number of alkyl halides is 3. The van der Waals surface area contributed by atoms with E-state index >= 15 is 0 Å². The van der Waals surface area contributed by atoms with Gasteiger partial charge in [-0.2, -0.15) is 13.2 Å². The number of likely N-dealkylation sites (tertiary alicyclic amines) is 1. The lowest BCUT2D eigenvalue weighted by molar-refractivity contribution is -0.137. The molecule has 0 unspecified atom stereocenters. The van der Waals surface area contributed by atoms with Crippen LogP contribution in [0.5, 0.6) is 0 Å². The van der Waals surface area contributed by atoms with Crippen LogP contribution in [-0.4, -0.2) is 42.0 Å². The van der Waals surface area contributed by atoms with Crippen molar-refractivity contribution in [2.24, 2.45) is 5.41 Å². The van der Waals surface area contributed by atoms with Gasteiger partial charge in [0.15, 0.2) is 0 Å². The van der Waals surface area contributed by atoms with E-state index < -0.39 is 29.2 Å². The van der Waals surface area contributed by atoms with Crippen LogP contribution in [0.3, 0.4) is 0 Å². The molecule has 6 nitrogen and oxygen atoms in total. The summed E-state index contributed by atoms with van der Waals surface area (Å²) >= 11 is 0. The molecule has 0 spiro atoms. The molecule has 2 aromatic carbocycles. The van der Waals surface area contributed by atoms with E-state index in [1.165, 1.54) is 17.7 Å². The standard InChI is InChI=1S/C25H31F3N4O2/c1-24(2,3)21(31-23(34)30-19-11-7-10-18(14-19)25(26,27)28)22(33)29-20-12-13-32(16-20)15-17-8-5-4-6-9-17/h4-11,14,20-21H,12-13,15-16H2,1-3H3,(H,29,33)(H2,30,31,34)/t20-,21-/m1/s1. The van der Waals surface area contributed by atoms with Crippen molar-refractivity contribution in [3.63, 3.8) is 0 Å². The highest BCUT2D eigenvalue weighted by Crippen LogP contribution is 2.30. The maximum absolute atomic E-state index is 13.1. The Balaban J connectivity index is 1.58. The molecule has 0 aromatic heterocycles. The second kappa shape index (κ2) is 10.5. The van der Waals surface area contributed by atoms with Gasteiger partial charge in [-0.25, -0.2) is 4.79 Å². The fourth-order valence-electron chi connectivity index (χ4n) is 3.97. The van der Waals surface area contributed by atoms with Gasteiger partial charge in [0.05, 0.1) is 5.56 Å². The van der Waals surface area contributed by atoms with Gasteiger partial charge in [0, 0.05) is 31.4 Å². The molecular formula is C25H31F3N4O2. The third-order valence-electron chi connectivity index (χ3n) is 5.72. The Morgan fingerprint density at radius 2 is 1.76 bits per heavy atom. The number of urea groups is 1. The molecule has 1 aliphatic heterocycles. The van der Waals surface area contributed by atoms with E-state index in [-0.39, 0.29) is 17.6 Å². The Bertz CT molecular complexity index is 990. The summed E-state index contributed by atoms with van der Waals surface area (Å²) in [6.07, 6.45) is -3.72. The number of anilines is 1. The molecule has 1 fully saturated rings. The van der Waals surface area contributed by atoms with Gasteiger partial charge in [-0.1, -0.05) is 57.2 Å². The molecule has 1 aliphatic rings. The smallest absolute Gasteiger partial charge is 0.350 e. The summed E-state index contributed by atoms with van der Waals surface area (Å²) in [7, 11) is 0. The van der Waals surface area contributed by atoms with E-state index in [4.69, 9.17) is 0 Å². The number of rotatable bonds is 6. The van der Waals surface area contributed by atoms with Crippen LogP contribution < -0.4 is 16.0 Å². The van der Waals surface area contributed by atoms with E-state index in [0.717, 1.165) is 31.6 Å². The number of amides is 3. The minimum absolute atomic E-state index is 0.00672. The monoisotopic (exact) mass is 476 g/mol. The molecule has 184 valence electrons. The zero-order valence-corrected chi connectivity index (χ0v) is 19.6. The van der Waals surface area contributed by atoms with E-state index in [9.17, 15) is 22.8 Å². The van der Waals surface area contributed by atoms with Crippen LogP contribution in [-0.2, 0) is 17.5 Å². The summed E-state index contributed by atoms with van der Waals surface area (Å²) in [5.74, 6) is -0.321. The third-order valence-corrected chi connectivity index (χ3v) is 5.72. The molecule has 2 aromatic rings. The summed E-state index contributed by atoms with van der Waals surface area (Å²) in [6, 6.07) is 12.8. The number of benzene rings is 2. The van der Waals surface area contributed by atoms with Gasteiger partial charge in [-0.15, -0.1) is 0 Å². The van der Waals surface area contributed by atoms with Crippen LogP contribution in [0.15, 0.2) is 54.6 Å². The Labute approximate surface area is 197 Å². The summed E-state index contributed by atoms with van der Waals surface area (Å²) in [5, 5.41) is 8.06. The number of carbonyl (C=O) groups is 2. The first-order chi connectivity index (χ1) is 15.9. The zero-order valence-electron chi connectivity index (χ0n) is 19.6. The van der Waals surface area contributed by atoms with E-state index in [0.29, 0.717) is 6.54 Å². The van der Waals surface area contributed by atoms with Crippen LogP contribution in [0.25, 0.3) is 0 Å². The normalized spacial score (nSPS) is 17.8. The van der Waals surface area contributed by atoms with Crippen LogP contribution in [0.1, 0.15) is 38.3 Å². The van der Waals surface area contributed by atoms with Gasteiger partial charge in [0.2, 0.25) is 5.91 Å². The molecule has 0 aliphatic carbocycles. The largest absolute Gasteiger partial charge is 0.416 e. The van der Waals surface area contributed by atoms with Crippen LogP contribution >= 0.6 is 0 Å². The highest BCUT2D eigenvalue weighted by Gasteiger charge is 2.35. The van der Waals surface area contributed by atoms with Crippen LogP contribution in [0.2, 0.25) is 0 Å². The number of nitrogens with one attached hydrogen (secondary N) is 3. The van der Waals surface area contributed by atoms with Gasteiger partial charge < -0.3 is 16.0 Å². The SMILES string of the molecule is CC(C)(C)[C@H](NC(=O)Nc1cccc(C(F)(F)F)c1)C(=O)N[C@@H]1CCN(Cc2ccccc2)C1. The summed E-state index contributed by atoms with van der Waals surface area (Å²) in [4.78, 5) is 27.9. The summed E-state index contributed by atoms with van der Waals surface area (Å²) < 4.78 is 38.8. The van der Waals surface area contributed by atoms with Gasteiger partial charge in [0.25, 0.3) is 0 Å². The van der Waals surface area contributed by atoms with Crippen molar-refractivity contribution in [2.75, 3.05) is 18.4 Å². The fraction of sp³-hybridized carbons (Fsp3) is 0.440. The molecule has 2 atom stereocenters. The molecule has 3 rings (SSSR count). The highest BCUT2D eigenvalue weighted by molar-refractivity contribution is 5.94. The van der Waals surface area contributed by atoms with Gasteiger partial charge >= 0.3 is 12.2 Å². The molecule has 9 heteroatoms. The lowest BCUT2D eigenvalue weighted by Gasteiger charge is -2.31. The minimum Gasteiger partial charge on any atom is -0.350 e. The van der Waals surface area contributed by atoms with Crippen LogP contribution in [0, 0.1) is 5.41 Å². The highest BCUT2D eigenvalue weighted by atomic mass is 19.4. The van der Waals surface area contributed by atoms with Crippen molar-refractivity contribution >= 4 is 17.6 Å². The number of hydrogen-bond donors (Lipinski definition) is 3. The number of carbonyl (C=O) groups excluding carboxylic acids is 2. The Morgan fingerprint density at radius 3 is 2.41 bits per heavy atom. The average molecular weight is 477 g/mol. The van der Waals surface area contributed by atoms with Gasteiger partial charge in [-0.05, 0) is 35.6 Å². The maximum Gasteiger partial charge on any atom is 0.416 e. The fourth-order valence-corrected chi connectivity index (χ4v) is 3.97. The first-order valence-corrected chi connectivity index (χ1v) is 11.2. The van der Waals surface area contributed by atoms with E-state index in [1.807, 2.05) is 39.0 Å². The first kappa shape index (κ1) is 25.6. The first-order valence-electron chi connectivity index (χ1n) is 11.2. The Morgan fingerprint density at radius 1 is 1.06 bits per heavy atom. The van der Waals surface area contributed by atoms with Crippen LogP contribution in [0.4, 0.5) is 23.7 Å². The van der Waals surface area contributed by atoms with Crippen molar-refractivity contribution in [1.29, 1.82) is 0 Å². The minimum atomic E-state index is -4.52. The molecule has 3 amide bonds. The lowest BCUT2D eigenvalue weighted by atomic mass is 9.86. The van der Waals surface area contributed by atoms with Gasteiger partial charge in [-0.3, -0.25) is 9.69 Å². The van der Waals surface area contributed by atoms with Crippen molar-refractivity contribution in [3.8, 4) is 0 Å². The molecule has 0 bridgehead atoms. The molecule has 0 radical (unpaired) electrons. The average Bonchev–Trinajstić information content (AvgIpc) is 3.18. The molecule has 0 saturated carbocycles. The Kier molecular flexibility index (Phi) is 7.86. The van der Waals surface area contributed by atoms with Gasteiger partial charge in [0.1, 0.15) is 6.04 Å². The second-order valence-electron chi connectivity index (χ2n) is 9.69. The number of hydrogen-bond acceptors (Lipinski definition) is 3. The summed E-state index contributed by atoms with van der Waals surface area (Å²) in [5.41, 5.74) is -0.281. The quantitative estimate of drug-likeness (QED) is 0.569. The number of halogens is 3. The van der Waals surface area contributed by atoms with Crippen molar-refractivity contribution in [3.05, 3.63) is 65.7 Å². The van der Waals surface area contributed by atoms with E-state index in [2.05, 4.69) is 33.0 Å². The topological polar surface area (TPSA) is 73.5 Å². The third kappa shape index (κ3) is 7.21. The second-order valence-corrected chi connectivity index (χ2v) is 9.69. The predicted molar refractivity (Wildman–Crippen MR) is 125 cm³/mol.